The number of carbonyl (C=O) groups excluding carboxylic acids is 4. The van der Waals surface area contributed by atoms with Gasteiger partial charge < -0.3 is 0 Å². The Morgan fingerprint density at radius 2 is 1.31 bits per heavy atom. The lowest BCUT2D eigenvalue weighted by Gasteiger charge is -2.42. The molecule has 3 unspecified atom stereocenters. The highest BCUT2D eigenvalue weighted by Gasteiger charge is 2.49. The van der Waals surface area contributed by atoms with Crippen LogP contribution in [-0.4, -0.2) is 82.2 Å². The minimum Gasteiger partial charge on any atom is -0.283 e. The highest BCUT2D eigenvalue weighted by atomic mass is 16.2. The van der Waals surface area contributed by atoms with Gasteiger partial charge in [0.2, 0.25) is 23.6 Å². The Balaban J connectivity index is 1.58. The zero-order chi connectivity index (χ0) is 21.6. The van der Waals surface area contributed by atoms with Crippen molar-refractivity contribution >= 4 is 23.6 Å². The van der Waals surface area contributed by atoms with Gasteiger partial charge in [-0.2, -0.15) is 0 Å². The predicted molar refractivity (Wildman–Crippen MR) is 107 cm³/mol. The lowest BCUT2D eigenvalue weighted by Crippen LogP contribution is -2.57. The molecule has 3 saturated heterocycles. The minimum absolute atomic E-state index is 0.0767. The third-order valence-electron chi connectivity index (χ3n) is 7.28. The van der Waals surface area contributed by atoms with Crippen LogP contribution in [0, 0.1) is 10.8 Å². The van der Waals surface area contributed by atoms with E-state index in [2.05, 4.69) is 16.7 Å². The predicted octanol–water partition coefficient (Wildman–Crippen LogP) is 1.26. The molecule has 0 radical (unpaired) electrons. The van der Waals surface area contributed by atoms with Gasteiger partial charge in [0.1, 0.15) is 0 Å². The average Bonchev–Trinajstić information content (AvgIpc) is 3.03. The molecule has 8 heteroatoms. The molecule has 29 heavy (non-hydrogen) atoms. The lowest BCUT2D eigenvalue weighted by atomic mass is 9.86. The maximum absolute atomic E-state index is 12.7. The monoisotopic (exact) mass is 406 g/mol. The van der Waals surface area contributed by atoms with Gasteiger partial charge in [-0.25, -0.2) is 0 Å². The van der Waals surface area contributed by atoms with E-state index in [1.54, 1.807) is 0 Å². The molecule has 0 aromatic rings. The second kappa shape index (κ2) is 7.80. The number of hydrogen-bond donors (Lipinski definition) is 0. The van der Waals surface area contributed by atoms with Crippen molar-refractivity contribution in [3.05, 3.63) is 0 Å². The maximum Gasteiger partial charge on any atom is 0.236 e. The molecule has 3 aliphatic rings. The maximum atomic E-state index is 12.7. The van der Waals surface area contributed by atoms with Crippen molar-refractivity contribution in [3.63, 3.8) is 0 Å². The second-order valence-corrected chi connectivity index (χ2v) is 9.46. The van der Waals surface area contributed by atoms with E-state index in [1.165, 1.54) is 9.80 Å². The van der Waals surface area contributed by atoms with E-state index in [0.717, 1.165) is 0 Å². The molecule has 0 saturated carbocycles. The number of amides is 4. The summed E-state index contributed by atoms with van der Waals surface area (Å²) >= 11 is 0. The fraction of sp³-hybridized carbons (Fsp3) is 0.810. The topological polar surface area (TPSA) is 81.2 Å². The Labute approximate surface area is 173 Å². The molecule has 0 N–H and O–H groups in total. The number of imide groups is 2. The van der Waals surface area contributed by atoms with Crippen LogP contribution in [0.15, 0.2) is 0 Å². The van der Waals surface area contributed by atoms with Crippen LogP contribution in [0.2, 0.25) is 0 Å². The van der Waals surface area contributed by atoms with Crippen molar-refractivity contribution in [2.45, 2.75) is 66.3 Å². The highest BCUT2D eigenvalue weighted by molar-refractivity contribution is 6.06. The van der Waals surface area contributed by atoms with Gasteiger partial charge in [0.15, 0.2) is 0 Å². The summed E-state index contributed by atoms with van der Waals surface area (Å²) in [5.74, 6) is -0.346. The summed E-state index contributed by atoms with van der Waals surface area (Å²) in [5.41, 5.74) is -1.16. The third-order valence-corrected chi connectivity index (χ3v) is 7.28. The fourth-order valence-corrected chi connectivity index (χ4v) is 4.52. The molecule has 3 fully saturated rings. The van der Waals surface area contributed by atoms with Gasteiger partial charge in [-0.1, -0.05) is 27.7 Å². The molecule has 0 aromatic carbocycles. The minimum atomic E-state index is -0.579. The second-order valence-electron chi connectivity index (χ2n) is 9.46. The molecular formula is C21H34N4O4. The zero-order valence-corrected chi connectivity index (χ0v) is 18.4. The quantitative estimate of drug-likeness (QED) is 0.618. The highest BCUT2D eigenvalue weighted by Crippen LogP contribution is 2.37. The zero-order valence-electron chi connectivity index (χ0n) is 18.4. The number of hydrogen-bond acceptors (Lipinski definition) is 6. The molecule has 0 aromatic heterocycles. The van der Waals surface area contributed by atoms with E-state index in [0.29, 0.717) is 45.8 Å². The smallest absolute Gasteiger partial charge is 0.236 e. The molecule has 3 heterocycles. The molecule has 3 rings (SSSR count). The molecule has 8 nitrogen and oxygen atoms in total. The van der Waals surface area contributed by atoms with Crippen molar-refractivity contribution in [1.29, 1.82) is 0 Å². The van der Waals surface area contributed by atoms with Crippen LogP contribution in [0.3, 0.4) is 0 Å². The molecule has 0 aliphatic carbocycles. The molecule has 162 valence electrons. The van der Waals surface area contributed by atoms with Gasteiger partial charge in [-0.05, 0) is 19.8 Å². The number of likely N-dealkylation sites (tertiary alicyclic amines) is 2. The summed E-state index contributed by atoms with van der Waals surface area (Å²) in [6, 6.07) is 0.114. The normalized spacial score (nSPS) is 34.7. The van der Waals surface area contributed by atoms with Crippen LogP contribution in [-0.2, 0) is 19.2 Å². The van der Waals surface area contributed by atoms with Crippen LogP contribution in [0.5, 0.6) is 0 Å². The van der Waals surface area contributed by atoms with Crippen LogP contribution >= 0.6 is 0 Å². The Morgan fingerprint density at radius 3 is 1.72 bits per heavy atom. The fourth-order valence-electron chi connectivity index (χ4n) is 4.52. The first kappa shape index (κ1) is 21.9. The number of rotatable bonds is 6. The number of carbonyl (C=O) groups is 4. The van der Waals surface area contributed by atoms with Gasteiger partial charge in [0.25, 0.3) is 0 Å². The van der Waals surface area contributed by atoms with Gasteiger partial charge >= 0.3 is 0 Å². The van der Waals surface area contributed by atoms with Crippen molar-refractivity contribution < 1.29 is 19.2 Å². The summed E-state index contributed by atoms with van der Waals surface area (Å²) in [7, 11) is 0. The van der Waals surface area contributed by atoms with Crippen LogP contribution in [0.1, 0.15) is 60.3 Å². The Morgan fingerprint density at radius 1 is 0.828 bits per heavy atom. The van der Waals surface area contributed by atoms with E-state index in [4.69, 9.17) is 0 Å². The van der Waals surface area contributed by atoms with E-state index in [9.17, 15) is 19.2 Å². The van der Waals surface area contributed by atoms with Gasteiger partial charge in [-0.15, -0.1) is 0 Å². The standard InChI is InChI=1S/C21H34N4O4/c1-6-20(4)10-16(26)24(18(20)28)13-22-8-9-23(15(3)12-22)14-25-17(27)11-21(5,7-2)19(25)29/h15H,6-14H2,1-5H3. The first-order valence-corrected chi connectivity index (χ1v) is 10.7. The number of nitrogens with zero attached hydrogens (tertiary/aromatic N) is 4. The largest absolute Gasteiger partial charge is 0.283 e. The third kappa shape index (κ3) is 3.84. The first-order valence-electron chi connectivity index (χ1n) is 10.7. The molecule has 4 amide bonds. The SMILES string of the molecule is CCC1(C)CC(=O)N(CN2CCN(CN3C(=O)CC(C)(CC)C3=O)C(C)C2)C1=O. The van der Waals surface area contributed by atoms with Crippen LogP contribution in [0.4, 0.5) is 0 Å². The lowest BCUT2D eigenvalue weighted by molar-refractivity contribution is -0.148. The first-order chi connectivity index (χ1) is 13.5. The van der Waals surface area contributed by atoms with E-state index in [-0.39, 0.29) is 42.5 Å². The van der Waals surface area contributed by atoms with Gasteiger partial charge in [-0.3, -0.25) is 38.8 Å². The summed E-state index contributed by atoms with van der Waals surface area (Å²) in [4.78, 5) is 57.1. The summed E-state index contributed by atoms with van der Waals surface area (Å²) in [6.45, 7) is 12.4. The molecule has 3 atom stereocenters. The van der Waals surface area contributed by atoms with E-state index in [1.807, 2.05) is 27.7 Å². The van der Waals surface area contributed by atoms with E-state index >= 15 is 0 Å². The molecule has 0 bridgehead atoms. The molecule has 3 aliphatic heterocycles. The molecular weight excluding hydrogens is 372 g/mol. The van der Waals surface area contributed by atoms with Gasteiger partial charge in [0, 0.05) is 38.5 Å². The van der Waals surface area contributed by atoms with Crippen molar-refractivity contribution in [2.75, 3.05) is 33.0 Å². The Kier molecular flexibility index (Phi) is 5.89. The molecule has 0 spiro atoms. The van der Waals surface area contributed by atoms with Crippen molar-refractivity contribution in [3.8, 4) is 0 Å². The summed E-state index contributed by atoms with van der Waals surface area (Å²) in [5, 5.41) is 0. The van der Waals surface area contributed by atoms with Crippen LogP contribution < -0.4 is 0 Å². The average molecular weight is 407 g/mol. The Hall–Kier alpha value is -1.80. The number of piperazine rings is 1. The summed E-state index contributed by atoms with van der Waals surface area (Å²) in [6.07, 6.45) is 1.89. The Bertz CT molecular complexity index is 725. The van der Waals surface area contributed by atoms with Crippen molar-refractivity contribution in [2.24, 2.45) is 10.8 Å². The van der Waals surface area contributed by atoms with E-state index < -0.39 is 10.8 Å². The van der Waals surface area contributed by atoms with Crippen LogP contribution in [0.25, 0.3) is 0 Å². The van der Waals surface area contributed by atoms with Crippen molar-refractivity contribution in [1.82, 2.24) is 19.6 Å². The summed E-state index contributed by atoms with van der Waals surface area (Å²) < 4.78 is 0. The van der Waals surface area contributed by atoms with Gasteiger partial charge in [0.05, 0.1) is 24.2 Å².